The van der Waals surface area contributed by atoms with E-state index in [-0.39, 0.29) is 26.1 Å². The van der Waals surface area contributed by atoms with Crippen LogP contribution in [0.1, 0.15) is 0 Å². The predicted molar refractivity (Wildman–Crippen MR) is 8.02 cm³/mol. The van der Waals surface area contributed by atoms with Crippen LogP contribution < -0.4 is 0 Å². The van der Waals surface area contributed by atoms with E-state index in [4.69, 9.17) is 9.90 Å². The summed E-state index contributed by atoms with van der Waals surface area (Å²) in [7, 11) is 0. The van der Waals surface area contributed by atoms with Crippen LogP contribution in [-0.2, 0) is 26.1 Å². The standard InChI is InChI=1S/CHO2.Hg/c2-1-3;/h(H,2,3);. The van der Waals surface area contributed by atoms with Gasteiger partial charge in [0.15, 0.2) is 0 Å². The number of hydrogen-bond donors (Lipinski definition) is 1. The molecule has 0 aromatic carbocycles. The molecule has 0 fully saturated rings. The van der Waals surface area contributed by atoms with E-state index in [0.717, 1.165) is 0 Å². The second-order valence-electron chi connectivity index (χ2n) is 0.394. The van der Waals surface area contributed by atoms with Gasteiger partial charge in [-0.1, -0.05) is 0 Å². The van der Waals surface area contributed by atoms with E-state index in [2.05, 4.69) is 0 Å². The van der Waals surface area contributed by atoms with Gasteiger partial charge < -0.3 is 0 Å². The van der Waals surface area contributed by atoms with Crippen molar-refractivity contribution < 1.29 is 36.0 Å². The quantitative estimate of drug-likeness (QED) is 0.620. The molecule has 0 heterocycles. The SMILES string of the molecule is O=[C](O)[Hg]. The van der Waals surface area contributed by atoms with Gasteiger partial charge >= 0.3 is 39.5 Å². The maximum atomic E-state index is 9.09. The Morgan fingerprint density at radius 2 is 2.00 bits per heavy atom. The summed E-state index contributed by atoms with van der Waals surface area (Å²) >= 11 is -0.0617. The van der Waals surface area contributed by atoms with Crippen molar-refractivity contribution in [3.8, 4) is 0 Å². The summed E-state index contributed by atoms with van der Waals surface area (Å²) in [4.78, 5) is 9.09. The molecule has 0 aromatic heterocycles. The maximum absolute atomic E-state index is 9.09. The third-order valence-electron chi connectivity index (χ3n) is 0. The number of carboxylic acid groups (broad SMARTS) is 1. The van der Waals surface area contributed by atoms with Crippen molar-refractivity contribution in [3.05, 3.63) is 0 Å². The third-order valence-corrected chi connectivity index (χ3v) is 0. The second kappa shape index (κ2) is 1.70. The van der Waals surface area contributed by atoms with Crippen LogP contribution in [-0.4, -0.2) is 8.58 Å². The molecule has 4 heavy (non-hydrogen) atoms. The summed E-state index contributed by atoms with van der Waals surface area (Å²) in [5, 5.41) is 7.50. The fraction of sp³-hybridized carbons (Fsp3) is 0. The molecule has 2 nitrogen and oxygen atoms in total. The second-order valence-corrected chi connectivity index (χ2v) is 2.75. The average Bonchev–Trinajstić information content (AvgIpc) is 0.811. The van der Waals surface area contributed by atoms with E-state index in [1.807, 2.05) is 0 Å². The molecule has 0 aromatic rings. The first-order valence-corrected chi connectivity index (χ1v) is 3.53. The zero-order valence-electron chi connectivity index (χ0n) is 2.06. The molecule has 0 saturated heterocycles. The predicted octanol–water partition coefficient (Wildman–Crippen LogP) is 0.211. The van der Waals surface area contributed by atoms with Gasteiger partial charge in [0.2, 0.25) is 0 Å². The molecule has 0 atom stereocenters. The van der Waals surface area contributed by atoms with Gasteiger partial charge in [0, 0.05) is 0 Å². The van der Waals surface area contributed by atoms with E-state index in [1.54, 1.807) is 0 Å². The van der Waals surface area contributed by atoms with Gasteiger partial charge in [0.05, 0.1) is 0 Å². The first kappa shape index (κ1) is 4.41. The van der Waals surface area contributed by atoms with Crippen LogP contribution in [0, 0.1) is 0 Å². The number of carbonyl (C=O) groups is 1. The molecule has 0 amide bonds. The Kier molecular flexibility index (Phi) is 1.87. The van der Waals surface area contributed by atoms with Crippen LogP contribution in [0.2, 0.25) is 0 Å². The molecule has 0 bridgehead atoms. The van der Waals surface area contributed by atoms with Crippen molar-refractivity contribution in [1.29, 1.82) is 0 Å². The minimum atomic E-state index is -0.639. The molecular formula is CHHgO2. The Hall–Kier alpha value is 0.405. The molecule has 19 valence electrons. The van der Waals surface area contributed by atoms with Gasteiger partial charge in [-0.05, 0) is 0 Å². The Morgan fingerprint density at radius 1 is 2.00 bits per heavy atom. The molecule has 1 N–H and O–H groups in total. The number of rotatable bonds is 0. The van der Waals surface area contributed by atoms with E-state index >= 15 is 0 Å². The zero-order valence-corrected chi connectivity index (χ0v) is 7.56. The summed E-state index contributed by atoms with van der Waals surface area (Å²) in [6.07, 6.45) is 0. The van der Waals surface area contributed by atoms with Crippen molar-refractivity contribution in [1.82, 2.24) is 0 Å². The Bertz CT molecular complexity index is 29.0. The topological polar surface area (TPSA) is 37.3 Å². The molecule has 0 rings (SSSR count). The monoisotopic (exact) mass is 247 g/mol. The Labute approximate surface area is 39.8 Å². The van der Waals surface area contributed by atoms with E-state index < -0.39 is 3.48 Å². The van der Waals surface area contributed by atoms with Gasteiger partial charge in [-0.25, -0.2) is 0 Å². The van der Waals surface area contributed by atoms with E-state index in [9.17, 15) is 0 Å². The van der Waals surface area contributed by atoms with Crippen LogP contribution in [0.3, 0.4) is 0 Å². The average molecular weight is 246 g/mol. The molecule has 0 aliphatic heterocycles. The summed E-state index contributed by atoms with van der Waals surface area (Å²) in [6, 6.07) is 0. The molecular weight excluding hydrogens is 245 g/mol. The molecule has 0 aliphatic rings. The summed E-state index contributed by atoms with van der Waals surface area (Å²) in [6.45, 7) is 0. The van der Waals surface area contributed by atoms with Crippen LogP contribution in [0.5, 0.6) is 0 Å². The third kappa shape index (κ3) is 28.9. The van der Waals surface area contributed by atoms with Crippen molar-refractivity contribution in [2.24, 2.45) is 0 Å². The van der Waals surface area contributed by atoms with Crippen molar-refractivity contribution >= 4 is 3.48 Å². The van der Waals surface area contributed by atoms with Crippen LogP contribution in [0.25, 0.3) is 0 Å². The zero-order chi connectivity index (χ0) is 3.58. The molecule has 0 radical (unpaired) electrons. The fourth-order valence-corrected chi connectivity index (χ4v) is 0. The molecule has 0 unspecified atom stereocenters. The van der Waals surface area contributed by atoms with Crippen LogP contribution in [0.4, 0.5) is 4.79 Å². The fourth-order valence-electron chi connectivity index (χ4n) is 0. The van der Waals surface area contributed by atoms with Gasteiger partial charge in [-0.3, -0.25) is 0 Å². The molecule has 0 aliphatic carbocycles. The van der Waals surface area contributed by atoms with Gasteiger partial charge in [0.25, 0.3) is 0 Å². The molecule has 3 heteroatoms. The summed E-state index contributed by atoms with van der Waals surface area (Å²) in [5.74, 6) is 0. The van der Waals surface area contributed by atoms with Gasteiger partial charge in [-0.2, -0.15) is 0 Å². The van der Waals surface area contributed by atoms with Gasteiger partial charge in [0.1, 0.15) is 0 Å². The Morgan fingerprint density at radius 3 is 2.00 bits per heavy atom. The van der Waals surface area contributed by atoms with E-state index in [1.165, 1.54) is 0 Å². The van der Waals surface area contributed by atoms with Crippen molar-refractivity contribution in [2.75, 3.05) is 0 Å². The summed E-state index contributed by atoms with van der Waals surface area (Å²) in [5.41, 5.74) is 0. The van der Waals surface area contributed by atoms with Crippen LogP contribution in [0.15, 0.2) is 0 Å². The molecule has 0 saturated carbocycles. The summed E-state index contributed by atoms with van der Waals surface area (Å²) < 4.78 is -0.639. The van der Waals surface area contributed by atoms with Gasteiger partial charge in [-0.15, -0.1) is 0 Å². The van der Waals surface area contributed by atoms with Crippen molar-refractivity contribution in [2.45, 2.75) is 0 Å². The number of hydrogen-bond acceptors (Lipinski definition) is 1. The first-order chi connectivity index (χ1) is 1.73. The Balaban J connectivity index is 2.80. The minimum absolute atomic E-state index is 0.0617. The first-order valence-electron chi connectivity index (χ1n) is 0.781. The van der Waals surface area contributed by atoms with Crippen molar-refractivity contribution in [3.63, 3.8) is 0 Å². The van der Waals surface area contributed by atoms with E-state index in [0.29, 0.717) is 0 Å². The molecule has 0 spiro atoms. The normalized spacial score (nSPS) is 6.50. The van der Waals surface area contributed by atoms with Crippen LogP contribution >= 0.6 is 0 Å².